The minimum Gasteiger partial charge on any atom is -0.497 e. The van der Waals surface area contributed by atoms with Crippen LogP contribution in [0.1, 0.15) is 49.2 Å². The summed E-state index contributed by atoms with van der Waals surface area (Å²) in [7, 11) is 3.57. The number of aryl methyl sites for hydroxylation is 1. The molecule has 1 heterocycles. The fourth-order valence-corrected chi connectivity index (χ4v) is 3.45. The van der Waals surface area contributed by atoms with Gasteiger partial charge in [-0.05, 0) is 56.5 Å². The van der Waals surface area contributed by atoms with E-state index in [1.54, 1.807) is 30.2 Å². The van der Waals surface area contributed by atoms with Gasteiger partial charge in [-0.2, -0.15) is 0 Å². The number of methoxy groups -OCH3 is 1. The van der Waals surface area contributed by atoms with Crippen LogP contribution in [0.3, 0.4) is 0 Å². The third-order valence-electron chi connectivity index (χ3n) is 5.70. The summed E-state index contributed by atoms with van der Waals surface area (Å²) < 4.78 is 7.29. The fourth-order valence-electron chi connectivity index (χ4n) is 3.45. The van der Waals surface area contributed by atoms with Crippen LogP contribution in [0.5, 0.6) is 5.75 Å². The highest BCUT2D eigenvalue weighted by atomic mass is 16.5. The SMILES string of the molecule is CCC(C)N(CC(=O)N(Cc1cccn1C)C1CC1)C(=O)c1cccc(OC)c1. The fraction of sp³-hybridized carbons (Fsp3) is 0.478. The molecule has 0 saturated heterocycles. The van der Waals surface area contributed by atoms with Gasteiger partial charge >= 0.3 is 0 Å². The molecule has 0 N–H and O–H groups in total. The molecule has 1 unspecified atom stereocenters. The van der Waals surface area contributed by atoms with Gasteiger partial charge in [-0.15, -0.1) is 0 Å². The molecule has 1 aliphatic rings. The van der Waals surface area contributed by atoms with Crippen LogP contribution in [0.2, 0.25) is 0 Å². The Labute approximate surface area is 173 Å². The Morgan fingerprint density at radius 3 is 2.59 bits per heavy atom. The average molecular weight is 398 g/mol. The first-order valence-corrected chi connectivity index (χ1v) is 10.3. The van der Waals surface area contributed by atoms with E-state index in [-0.39, 0.29) is 30.4 Å². The van der Waals surface area contributed by atoms with E-state index in [9.17, 15) is 9.59 Å². The number of rotatable bonds is 9. The van der Waals surface area contributed by atoms with E-state index >= 15 is 0 Å². The summed E-state index contributed by atoms with van der Waals surface area (Å²) in [6, 6.07) is 11.4. The highest BCUT2D eigenvalue weighted by molar-refractivity contribution is 5.97. The summed E-state index contributed by atoms with van der Waals surface area (Å²) in [5, 5.41) is 0. The quantitative estimate of drug-likeness (QED) is 0.651. The molecule has 0 aliphatic heterocycles. The van der Waals surface area contributed by atoms with Crippen molar-refractivity contribution in [1.29, 1.82) is 0 Å². The summed E-state index contributed by atoms with van der Waals surface area (Å²) in [4.78, 5) is 30.1. The minimum atomic E-state index is -0.138. The van der Waals surface area contributed by atoms with Gasteiger partial charge in [0.25, 0.3) is 5.91 Å². The molecule has 1 aromatic heterocycles. The molecule has 0 radical (unpaired) electrons. The predicted molar refractivity (Wildman–Crippen MR) is 113 cm³/mol. The van der Waals surface area contributed by atoms with Crippen molar-refractivity contribution in [2.45, 2.75) is 51.7 Å². The van der Waals surface area contributed by atoms with Crippen molar-refractivity contribution >= 4 is 11.8 Å². The molecule has 3 rings (SSSR count). The van der Waals surface area contributed by atoms with Crippen molar-refractivity contribution in [2.75, 3.05) is 13.7 Å². The maximum Gasteiger partial charge on any atom is 0.254 e. The maximum absolute atomic E-state index is 13.2. The van der Waals surface area contributed by atoms with Gasteiger partial charge in [0.15, 0.2) is 0 Å². The highest BCUT2D eigenvalue weighted by Gasteiger charge is 2.35. The van der Waals surface area contributed by atoms with Crippen molar-refractivity contribution in [2.24, 2.45) is 7.05 Å². The lowest BCUT2D eigenvalue weighted by Gasteiger charge is -2.31. The van der Waals surface area contributed by atoms with Gasteiger partial charge in [-0.3, -0.25) is 9.59 Å². The van der Waals surface area contributed by atoms with Crippen LogP contribution < -0.4 is 4.74 Å². The van der Waals surface area contributed by atoms with Gasteiger partial charge in [-0.1, -0.05) is 13.0 Å². The first-order valence-electron chi connectivity index (χ1n) is 10.3. The second-order valence-corrected chi connectivity index (χ2v) is 7.79. The van der Waals surface area contributed by atoms with Crippen LogP contribution in [-0.4, -0.2) is 51.9 Å². The molecule has 1 saturated carbocycles. The Kier molecular flexibility index (Phi) is 6.62. The molecule has 29 heavy (non-hydrogen) atoms. The van der Waals surface area contributed by atoms with Crippen molar-refractivity contribution in [3.63, 3.8) is 0 Å². The predicted octanol–water partition coefficient (Wildman–Crippen LogP) is 3.47. The van der Waals surface area contributed by atoms with Crippen LogP contribution in [-0.2, 0) is 18.4 Å². The topological polar surface area (TPSA) is 54.8 Å². The molecule has 1 aromatic carbocycles. The highest BCUT2D eigenvalue weighted by Crippen LogP contribution is 2.29. The van der Waals surface area contributed by atoms with Crippen LogP contribution in [0.4, 0.5) is 0 Å². The van der Waals surface area contributed by atoms with E-state index in [1.807, 2.05) is 54.8 Å². The van der Waals surface area contributed by atoms with Crippen molar-refractivity contribution in [3.05, 3.63) is 53.9 Å². The third-order valence-corrected chi connectivity index (χ3v) is 5.70. The van der Waals surface area contributed by atoms with Gasteiger partial charge < -0.3 is 19.1 Å². The van der Waals surface area contributed by atoms with Gasteiger partial charge in [0, 0.05) is 36.6 Å². The van der Waals surface area contributed by atoms with Gasteiger partial charge in [0.05, 0.1) is 13.7 Å². The normalized spacial score (nSPS) is 14.3. The van der Waals surface area contributed by atoms with Crippen molar-refractivity contribution < 1.29 is 14.3 Å². The number of hydrogen-bond donors (Lipinski definition) is 0. The molecule has 1 aliphatic carbocycles. The number of nitrogens with zero attached hydrogens (tertiary/aromatic N) is 3. The maximum atomic E-state index is 13.2. The van der Waals surface area contributed by atoms with Gasteiger partial charge in [-0.25, -0.2) is 0 Å². The van der Waals surface area contributed by atoms with Gasteiger partial charge in [0.2, 0.25) is 5.91 Å². The molecule has 6 nitrogen and oxygen atoms in total. The standard InChI is InChI=1S/C23H31N3O3/c1-5-17(2)25(23(28)18-8-6-10-21(14-18)29-4)16-22(27)26(19-11-12-19)15-20-9-7-13-24(20)3/h6-10,13-14,17,19H,5,11-12,15-16H2,1-4H3. The van der Waals surface area contributed by atoms with E-state index in [0.29, 0.717) is 17.9 Å². The second-order valence-electron chi connectivity index (χ2n) is 7.79. The number of benzene rings is 1. The average Bonchev–Trinajstić information content (AvgIpc) is 3.50. The zero-order valence-electron chi connectivity index (χ0n) is 17.8. The lowest BCUT2D eigenvalue weighted by atomic mass is 10.1. The number of carbonyl (C=O) groups is 2. The molecule has 2 amide bonds. The van der Waals surface area contributed by atoms with Crippen molar-refractivity contribution in [1.82, 2.24) is 14.4 Å². The molecular weight excluding hydrogens is 366 g/mol. The van der Waals surface area contributed by atoms with Crippen LogP contribution in [0.25, 0.3) is 0 Å². The number of amides is 2. The first-order chi connectivity index (χ1) is 13.9. The van der Waals surface area contributed by atoms with Crippen LogP contribution >= 0.6 is 0 Å². The zero-order chi connectivity index (χ0) is 21.0. The lowest BCUT2D eigenvalue weighted by Crippen LogP contribution is -2.47. The number of hydrogen-bond acceptors (Lipinski definition) is 3. The molecule has 6 heteroatoms. The van der Waals surface area contributed by atoms with Gasteiger partial charge in [0.1, 0.15) is 12.3 Å². The van der Waals surface area contributed by atoms with E-state index in [1.165, 1.54) is 0 Å². The third kappa shape index (κ3) is 5.00. The zero-order valence-corrected chi connectivity index (χ0v) is 17.8. The Balaban J connectivity index is 1.78. The molecule has 1 atom stereocenters. The summed E-state index contributed by atoms with van der Waals surface area (Å²) >= 11 is 0. The number of aromatic nitrogens is 1. The van der Waals surface area contributed by atoms with Crippen LogP contribution in [0, 0.1) is 0 Å². The van der Waals surface area contributed by atoms with E-state index in [0.717, 1.165) is 25.0 Å². The van der Waals surface area contributed by atoms with E-state index < -0.39 is 0 Å². The summed E-state index contributed by atoms with van der Waals surface area (Å²) in [6.45, 7) is 4.69. The molecule has 0 bridgehead atoms. The van der Waals surface area contributed by atoms with Crippen LogP contribution in [0.15, 0.2) is 42.6 Å². The largest absolute Gasteiger partial charge is 0.497 e. The second kappa shape index (κ2) is 9.16. The number of carbonyl (C=O) groups excluding carboxylic acids is 2. The minimum absolute atomic E-state index is 0.00486. The Morgan fingerprint density at radius 2 is 2.00 bits per heavy atom. The summed E-state index contributed by atoms with van der Waals surface area (Å²) in [5.74, 6) is 0.501. The van der Waals surface area contributed by atoms with Crippen molar-refractivity contribution in [3.8, 4) is 5.75 Å². The lowest BCUT2D eigenvalue weighted by molar-refractivity contribution is -0.133. The smallest absolute Gasteiger partial charge is 0.254 e. The molecule has 1 fully saturated rings. The molecule has 0 spiro atoms. The monoisotopic (exact) mass is 397 g/mol. The summed E-state index contributed by atoms with van der Waals surface area (Å²) in [5.41, 5.74) is 1.64. The Hall–Kier alpha value is -2.76. The summed E-state index contributed by atoms with van der Waals surface area (Å²) in [6.07, 6.45) is 4.83. The number of ether oxygens (including phenoxy) is 1. The molecule has 2 aromatic rings. The van der Waals surface area contributed by atoms with E-state index in [4.69, 9.17) is 4.74 Å². The first kappa shape index (κ1) is 21.0. The molecular formula is C23H31N3O3. The molecule has 156 valence electrons. The Bertz CT molecular complexity index is 857. The van der Waals surface area contributed by atoms with E-state index in [2.05, 4.69) is 0 Å². The Morgan fingerprint density at radius 1 is 1.24 bits per heavy atom.